The molecule has 0 saturated heterocycles. The summed E-state index contributed by atoms with van der Waals surface area (Å²) in [4.78, 5) is 0. The minimum atomic E-state index is -0.0579. The number of hydrogen-bond donors (Lipinski definition) is 1. The molecule has 0 aromatic heterocycles. The Balaban J connectivity index is 2.58. The Morgan fingerprint density at radius 1 is 1.40 bits per heavy atom. The second-order valence-electron chi connectivity index (χ2n) is 4.97. The molecule has 0 bridgehead atoms. The van der Waals surface area contributed by atoms with Crippen molar-refractivity contribution in [2.75, 3.05) is 7.05 Å². The lowest BCUT2D eigenvalue weighted by Crippen LogP contribution is -2.32. The smallest absolute Gasteiger partial charge is 0.127 e. The van der Waals surface area contributed by atoms with Gasteiger partial charge in [-0.2, -0.15) is 0 Å². The van der Waals surface area contributed by atoms with Gasteiger partial charge in [0.25, 0.3) is 0 Å². The van der Waals surface area contributed by atoms with Gasteiger partial charge in [0.15, 0.2) is 0 Å². The normalized spacial score (nSPS) is 23.6. The van der Waals surface area contributed by atoms with E-state index in [1.54, 1.807) is 12.1 Å². The molecule has 2 rings (SSSR count). The van der Waals surface area contributed by atoms with Gasteiger partial charge in [-0.15, -0.1) is 0 Å². The van der Waals surface area contributed by atoms with Gasteiger partial charge in [0.1, 0.15) is 5.82 Å². The van der Waals surface area contributed by atoms with Crippen molar-refractivity contribution in [1.82, 2.24) is 5.32 Å². The van der Waals surface area contributed by atoms with Crippen LogP contribution in [0.4, 0.5) is 4.39 Å². The van der Waals surface area contributed by atoms with Crippen molar-refractivity contribution in [2.24, 2.45) is 0 Å². The Morgan fingerprint density at radius 2 is 2.13 bits per heavy atom. The molecule has 1 aliphatic rings. The van der Waals surface area contributed by atoms with Crippen molar-refractivity contribution >= 4 is 0 Å². The van der Waals surface area contributed by atoms with Crippen LogP contribution in [0.2, 0.25) is 0 Å². The van der Waals surface area contributed by atoms with Gasteiger partial charge in [0.05, 0.1) is 0 Å². The third-order valence-corrected chi connectivity index (χ3v) is 3.50. The lowest BCUT2D eigenvalue weighted by Gasteiger charge is -2.37. The summed E-state index contributed by atoms with van der Waals surface area (Å²) in [5, 5.41) is 3.26. The lowest BCUT2D eigenvalue weighted by molar-refractivity contribution is 0.355. The maximum absolute atomic E-state index is 13.8. The highest BCUT2D eigenvalue weighted by Gasteiger charge is 2.34. The molecule has 2 heteroatoms. The van der Waals surface area contributed by atoms with Gasteiger partial charge >= 0.3 is 0 Å². The van der Waals surface area contributed by atoms with Gasteiger partial charge in [-0.3, -0.25) is 0 Å². The number of nitrogens with one attached hydrogen (secondary N) is 1. The van der Waals surface area contributed by atoms with Gasteiger partial charge in [-0.1, -0.05) is 26.0 Å². The molecular formula is C13H18FN. The zero-order valence-electron chi connectivity index (χ0n) is 9.60. The monoisotopic (exact) mass is 207 g/mol. The van der Waals surface area contributed by atoms with Crippen molar-refractivity contribution in [3.05, 3.63) is 35.1 Å². The first-order valence-corrected chi connectivity index (χ1v) is 5.52. The van der Waals surface area contributed by atoms with Crippen LogP contribution in [0.15, 0.2) is 18.2 Å². The van der Waals surface area contributed by atoms with Crippen LogP contribution in [-0.4, -0.2) is 7.05 Å². The maximum atomic E-state index is 13.8. The van der Waals surface area contributed by atoms with Gasteiger partial charge in [-0.25, -0.2) is 4.39 Å². The van der Waals surface area contributed by atoms with E-state index in [0.29, 0.717) is 6.04 Å². The van der Waals surface area contributed by atoms with Crippen LogP contribution in [0, 0.1) is 5.82 Å². The van der Waals surface area contributed by atoms with Gasteiger partial charge in [0, 0.05) is 6.04 Å². The summed E-state index contributed by atoms with van der Waals surface area (Å²) in [6, 6.07) is 5.72. The molecule has 0 fully saturated rings. The van der Waals surface area contributed by atoms with E-state index >= 15 is 0 Å². The molecule has 0 heterocycles. The van der Waals surface area contributed by atoms with Crippen LogP contribution in [0.3, 0.4) is 0 Å². The topological polar surface area (TPSA) is 12.0 Å². The molecule has 0 spiro atoms. The zero-order valence-corrected chi connectivity index (χ0v) is 9.60. The van der Waals surface area contributed by atoms with Crippen molar-refractivity contribution < 1.29 is 4.39 Å². The van der Waals surface area contributed by atoms with Crippen LogP contribution in [0.5, 0.6) is 0 Å². The molecule has 0 amide bonds. The fraction of sp³-hybridized carbons (Fsp3) is 0.538. The average Bonchev–Trinajstić information content (AvgIpc) is 2.17. The second-order valence-corrected chi connectivity index (χ2v) is 4.97. The molecule has 1 aromatic rings. The molecule has 0 saturated carbocycles. The molecule has 1 nitrogen and oxygen atoms in total. The summed E-state index contributed by atoms with van der Waals surface area (Å²) in [5.74, 6) is -0.0579. The third kappa shape index (κ3) is 1.67. The van der Waals surface area contributed by atoms with Crippen molar-refractivity contribution in [3.63, 3.8) is 0 Å². The Bertz CT molecular complexity index is 371. The summed E-state index contributed by atoms with van der Waals surface area (Å²) in [7, 11) is 1.94. The molecule has 15 heavy (non-hydrogen) atoms. The summed E-state index contributed by atoms with van der Waals surface area (Å²) >= 11 is 0. The SMILES string of the molecule is CNC1CCC(C)(C)c2c(F)cccc21. The van der Waals surface area contributed by atoms with Crippen molar-refractivity contribution in [3.8, 4) is 0 Å². The fourth-order valence-corrected chi connectivity index (χ4v) is 2.63. The molecule has 1 atom stereocenters. The molecule has 1 aliphatic carbocycles. The number of rotatable bonds is 1. The molecular weight excluding hydrogens is 189 g/mol. The number of hydrogen-bond acceptors (Lipinski definition) is 1. The van der Waals surface area contributed by atoms with E-state index in [-0.39, 0.29) is 11.2 Å². The molecule has 1 unspecified atom stereocenters. The number of fused-ring (bicyclic) bond motifs is 1. The Labute approximate surface area is 90.7 Å². The van der Waals surface area contributed by atoms with Gasteiger partial charge in [0.2, 0.25) is 0 Å². The predicted octanol–water partition coefficient (Wildman–Crippen LogP) is 3.16. The van der Waals surface area contributed by atoms with E-state index in [1.165, 1.54) is 0 Å². The highest BCUT2D eigenvalue weighted by Crippen LogP contribution is 2.42. The first-order chi connectivity index (χ1) is 7.06. The first-order valence-electron chi connectivity index (χ1n) is 5.52. The Kier molecular flexibility index (Phi) is 2.55. The van der Waals surface area contributed by atoms with Crippen LogP contribution < -0.4 is 5.32 Å². The standard InChI is InChI=1S/C13H18FN/c1-13(2)8-7-11(15-3)9-5-4-6-10(14)12(9)13/h4-6,11,15H,7-8H2,1-3H3. The van der Waals surface area contributed by atoms with E-state index < -0.39 is 0 Å². The summed E-state index contributed by atoms with van der Waals surface area (Å²) in [6.07, 6.45) is 2.12. The van der Waals surface area contributed by atoms with Crippen LogP contribution in [0.1, 0.15) is 43.9 Å². The van der Waals surface area contributed by atoms with Crippen molar-refractivity contribution in [1.29, 1.82) is 0 Å². The number of benzene rings is 1. The largest absolute Gasteiger partial charge is 0.313 e. The molecule has 82 valence electrons. The van der Waals surface area contributed by atoms with E-state index in [1.807, 2.05) is 13.1 Å². The second kappa shape index (κ2) is 3.60. The van der Waals surface area contributed by atoms with Crippen LogP contribution in [-0.2, 0) is 5.41 Å². The summed E-state index contributed by atoms with van der Waals surface area (Å²) in [5.41, 5.74) is 2.00. The minimum absolute atomic E-state index is 0.0337. The highest BCUT2D eigenvalue weighted by molar-refractivity contribution is 5.39. The fourth-order valence-electron chi connectivity index (χ4n) is 2.63. The van der Waals surface area contributed by atoms with E-state index in [0.717, 1.165) is 24.0 Å². The maximum Gasteiger partial charge on any atom is 0.127 e. The molecule has 0 aliphatic heterocycles. The van der Waals surface area contributed by atoms with Gasteiger partial charge < -0.3 is 5.32 Å². The average molecular weight is 207 g/mol. The van der Waals surface area contributed by atoms with Crippen molar-refractivity contribution in [2.45, 2.75) is 38.1 Å². The predicted molar refractivity (Wildman–Crippen MR) is 60.5 cm³/mol. The first kappa shape index (κ1) is 10.6. The Morgan fingerprint density at radius 3 is 2.80 bits per heavy atom. The van der Waals surface area contributed by atoms with Crippen LogP contribution in [0.25, 0.3) is 0 Å². The molecule has 0 radical (unpaired) electrons. The Hall–Kier alpha value is -0.890. The molecule has 1 aromatic carbocycles. The summed E-state index contributed by atoms with van der Waals surface area (Å²) < 4.78 is 13.8. The zero-order chi connectivity index (χ0) is 11.1. The van der Waals surface area contributed by atoms with E-state index in [2.05, 4.69) is 19.2 Å². The quantitative estimate of drug-likeness (QED) is 0.746. The van der Waals surface area contributed by atoms with Crippen LogP contribution >= 0.6 is 0 Å². The van der Waals surface area contributed by atoms with E-state index in [9.17, 15) is 4.39 Å². The lowest BCUT2D eigenvalue weighted by atomic mass is 9.71. The minimum Gasteiger partial charge on any atom is -0.313 e. The van der Waals surface area contributed by atoms with E-state index in [4.69, 9.17) is 0 Å². The molecule has 1 N–H and O–H groups in total. The third-order valence-electron chi connectivity index (χ3n) is 3.50. The van der Waals surface area contributed by atoms with Gasteiger partial charge in [-0.05, 0) is 42.5 Å². The number of halogens is 1. The summed E-state index contributed by atoms with van der Waals surface area (Å²) in [6.45, 7) is 4.25. The highest BCUT2D eigenvalue weighted by atomic mass is 19.1.